The molecule has 6 heteroatoms. The monoisotopic (exact) mass is 869 g/mol. The Hall–Kier alpha value is -4.45. The highest BCUT2D eigenvalue weighted by Crippen LogP contribution is 2.12. The van der Waals surface area contributed by atoms with Crippen LogP contribution in [0.4, 0.5) is 0 Å². The van der Waals surface area contributed by atoms with Gasteiger partial charge in [-0.25, -0.2) is 0 Å². The first kappa shape index (κ1) is 58.6. The van der Waals surface area contributed by atoms with E-state index in [4.69, 9.17) is 14.2 Å². The fraction of sp³-hybridized carbons (Fsp3) is 0.561. The predicted octanol–water partition coefficient (Wildman–Crippen LogP) is 16.3. The Labute approximate surface area is 385 Å². The van der Waals surface area contributed by atoms with E-state index in [1.165, 1.54) is 38.5 Å². The Kier molecular flexibility index (Phi) is 46.7. The molecule has 0 amide bonds. The fourth-order valence-corrected chi connectivity index (χ4v) is 6.18. The quantitative estimate of drug-likeness (QED) is 0.0200. The molecule has 0 radical (unpaired) electrons. The lowest BCUT2D eigenvalue weighted by atomic mass is 10.1. The van der Waals surface area contributed by atoms with Crippen molar-refractivity contribution in [3.63, 3.8) is 0 Å². The van der Waals surface area contributed by atoms with Gasteiger partial charge in [0.05, 0.1) is 0 Å². The van der Waals surface area contributed by atoms with Crippen LogP contribution in [-0.4, -0.2) is 37.2 Å². The molecular formula is C57H88O6. The maximum atomic E-state index is 12.8. The average Bonchev–Trinajstić information content (AvgIpc) is 3.28. The number of hydrogen-bond donors (Lipinski definition) is 0. The van der Waals surface area contributed by atoms with E-state index in [0.29, 0.717) is 12.8 Å². The zero-order valence-electron chi connectivity index (χ0n) is 40.0. The number of ether oxygens (including phenoxy) is 3. The van der Waals surface area contributed by atoms with E-state index in [-0.39, 0.29) is 37.5 Å². The van der Waals surface area contributed by atoms with Crippen molar-refractivity contribution in [3.05, 3.63) is 134 Å². The molecule has 0 saturated heterocycles. The second kappa shape index (κ2) is 50.2. The molecule has 0 heterocycles. The van der Waals surface area contributed by atoms with Gasteiger partial charge in [-0.2, -0.15) is 0 Å². The zero-order valence-corrected chi connectivity index (χ0v) is 40.0. The SMILES string of the molecule is CC\C=C/C=C\C=C/C=C\C=C\C=C/C=C\CCCCCC(=O)OCC(COC(=O)CCCCC/C=C\CCCCCCCC)OC(=O)CCCCCCC\C=C/C=C\C=C/CC. The number of carbonyl (C=O) groups excluding carboxylic acids is 3. The van der Waals surface area contributed by atoms with Gasteiger partial charge < -0.3 is 14.2 Å². The standard InChI is InChI=1S/C57H88O6/c1-4-7-10-13-16-19-22-25-26-27-28-29-30-33-35-38-41-44-47-50-56(59)62-53-54(63-57(60)51-48-45-42-39-36-32-24-21-18-15-12-9-6-3)52-61-55(58)49-46-43-40-37-34-31-23-20-17-14-11-8-5-2/h7,9-10,12-13,15-16,18-19,21-22,24-31,33-35,54H,4-6,8,11,14,17,20,23,32,36-53H2,1-3H3/b10-7-,12-9-,16-13-,18-15-,22-19-,24-21-,26-25-,28-27+,30-29-,34-31-,35-33-. The topological polar surface area (TPSA) is 78.9 Å². The molecule has 0 aromatic rings. The van der Waals surface area contributed by atoms with Crippen molar-refractivity contribution >= 4 is 17.9 Å². The lowest BCUT2D eigenvalue weighted by molar-refractivity contribution is -0.167. The molecule has 0 aliphatic heterocycles. The molecule has 0 spiro atoms. The summed E-state index contributed by atoms with van der Waals surface area (Å²) < 4.78 is 16.7. The molecule has 1 unspecified atom stereocenters. The number of carbonyl (C=O) groups is 3. The Morgan fingerprint density at radius 2 is 0.635 bits per heavy atom. The van der Waals surface area contributed by atoms with E-state index in [9.17, 15) is 14.4 Å². The van der Waals surface area contributed by atoms with Gasteiger partial charge in [0.1, 0.15) is 13.2 Å². The summed E-state index contributed by atoms with van der Waals surface area (Å²) in [5.41, 5.74) is 0. The molecule has 0 rings (SSSR count). The van der Waals surface area contributed by atoms with Crippen molar-refractivity contribution in [2.75, 3.05) is 13.2 Å². The van der Waals surface area contributed by atoms with Crippen molar-refractivity contribution < 1.29 is 28.6 Å². The van der Waals surface area contributed by atoms with E-state index in [1.807, 2.05) is 79.0 Å². The molecule has 0 N–H and O–H groups in total. The number of esters is 3. The lowest BCUT2D eigenvalue weighted by Gasteiger charge is -2.18. The smallest absolute Gasteiger partial charge is 0.306 e. The Bertz CT molecular complexity index is 1420. The van der Waals surface area contributed by atoms with Crippen LogP contribution in [0.3, 0.4) is 0 Å². The molecule has 352 valence electrons. The second-order valence-electron chi connectivity index (χ2n) is 15.8. The van der Waals surface area contributed by atoms with E-state index < -0.39 is 6.10 Å². The van der Waals surface area contributed by atoms with Crippen molar-refractivity contribution in [2.45, 2.75) is 194 Å². The first-order chi connectivity index (χ1) is 31.0. The van der Waals surface area contributed by atoms with Crippen LogP contribution in [0, 0.1) is 0 Å². The van der Waals surface area contributed by atoms with Gasteiger partial charge in [-0.3, -0.25) is 14.4 Å². The van der Waals surface area contributed by atoms with Crippen LogP contribution < -0.4 is 0 Å². The van der Waals surface area contributed by atoms with E-state index in [0.717, 1.165) is 109 Å². The van der Waals surface area contributed by atoms with Crippen LogP contribution >= 0.6 is 0 Å². The molecule has 0 aliphatic carbocycles. The summed E-state index contributed by atoms with van der Waals surface area (Å²) in [5, 5.41) is 0. The highest BCUT2D eigenvalue weighted by molar-refractivity contribution is 5.71. The molecule has 6 nitrogen and oxygen atoms in total. The normalized spacial score (nSPS) is 13.3. The van der Waals surface area contributed by atoms with Crippen molar-refractivity contribution in [1.29, 1.82) is 0 Å². The highest BCUT2D eigenvalue weighted by atomic mass is 16.6. The maximum absolute atomic E-state index is 12.8. The summed E-state index contributed by atoms with van der Waals surface area (Å²) in [4.78, 5) is 37.9. The summed E-state index contributed by atoms with van der Waals surface area (Å²) in [5.74, 6) is -1.01. The summed E-state index contributed by atoms with van der Waals surface area (Å²) in [6.45, 7) is 6.25. The Morgan fingerprint density at radius 3 is 1.03 bits per heavy atom. The van der Waals surface area contributed by atoms with Crippen LogP contribution in [0.1, 0.15) is 188 Å². The zero-order chi connectivity index (χ0) is 45.8. The van der Waals surface area contributed by atoms with E-state index in [2.05, 4.69) is 75.5 Å². The third-order valence-corrected chi connectivity index (χ3v) is 9.88. The summed E-state index contributed by atoms with van der Waals surface area (Å²) in [7, 11) is 0. The molecule has 0 aliphatic rings. The minimum Gasteiger partial charge on any atom is -0.462 e. The van der Waals surface area contributed by atoms with Gasteiger partial charge in [0.15, 0.2) is 6.10 Å². The van der Waals surface area contributed by atoms with Gasteiger partial charge in [-0.1, -0.05) is 219 Å². The Balaban J connectivity index is 4.56. The van der Waals surface area contributed by atoms with Gasteiger partial charge in [0.25, 0.3) is 0 Å². The van der Waals surface area contributed by atoms with Crippen LogP contribution in [0.2, 0.25) is 0 Å². The average molecular weight is 869 g/mol. The van der Waals surface area contributed by atoms with Crippen molar-refractivity contribution in [3.8, 4) is 0 Å². The van der Waals surface area contributed by atoms with Gasteiger partial charge >= 0.3 is 17.9 Å². The minimum atomic E-state index is -0.818. The molecule has 0 aromatic carbocycles. The van der Waals surface area contributed by atoms with Crippen LogP contribution in [0.25, 0.3) is 0 Å². The molecule has 0 aromatic heterocycles. The largest absolute Gasteiger partial charge is 0.462 e. The van der Waals surface area contributed by atoms with E-state index in [1.54, 1.807) is 0 Å². The summed E-state index contributed by atoms with van der Waals surface area (Å²) in [6, 6.07) is 0. The third-order valence-electron chi connectivity index (χ3n) is 9.88. The Morgan fingerprint density at radius 1 is 0.333 bits per heavy atom. The van der Waals surface area contributed by atoms with E-state index >= 15 is 0 Å². The van der Waals surface area contributed by atoms with Gasteiger partial charge in [0.2, 0.25) is 0 Å². The van der Waals surface area contributed by atoms with Crippen LogP contribution in [-0.2, 0) is 28.6 Å². The molecular weight excluding hydrogens is 781 g/mol. The summed E-state index contributed by atoms with van der Waals surface area (Å²) in [6.07, 6.45) is 70.0. The molecule has 0 bridgehead atoms. The molecule has 0 saturated carbocycles. The number of allylic oxidation sites excluding steroid dienone is 22. The van der Waals surface area contributed by atoms with Gasteiger partial charge in [0, 0.05) is 19.3 Å². The fourth-order valence-electron chi connectivity index (χ4n) is 6.18. The van der Waals surface area contributed by atoms with Crippen molar-refractivity contribution in [1.82, 2.24) is 0 Å². The lowest BCUT2D eigenvalue weighted by Crippen LogP contribution is -2.30. The first-order valence-corrected chi connectivity index (χ1v) is 24.8. The van der Waals surface area contributed by atoms with Gasteiger partial charge in [-0.05, 0) is 83.5 Å². The molecule has 1 atom stereocenters. The third kappa shape index (κ3) is 48.4. The number of rotatable bonds is 42. The number of unbranched alkanes of at least 4 members (excludes halogenated alkanes) is 17. The first-order valence-electron chi connectivity index (χ1n) is 24.8. The maximum Gasteiger partial charge on any atom is 0.306 e. The second-order valence-corrected chi connectivity index (χ2v) is 15.8. The molecule has 63 heavy (non-hydrogen) atoms. The highest BCUT2D eigenvalue weighted by Gasteiger charge is 2.19. The number of hydrogen-bond acceptors (Lipinski definition) is 6. The van der Waals surface area contributed by atoms with Crippen LogP contribution in [0.15, 0.2) is 134 Å². The van der Waals surface area contributed by atoms with Crippen molar-refractivity contribution in [2.24, 2.45) is 0 Å². The molecule has 0 fully saturated rings. The van der Waals surface area contributed by atoms with Gasteiger partial charge in [-0.15, -0.1) is 0 Å². The summed E-state index contributed by atoms with van der Waals surface area (Å²) >= 11 is 0. The van der Waals surface area contributed by atoms with Crippen LogP contribution in [0.5, 0.6) is 0 Å². The minimum absolute atomic E-state index is 0.115. The predicted molar refractivity (Wildman–Crippen MR) is 269 cm³/mol.